The van der Waals surface area contributed by atoms with Gasteiger partial charge in [-0.15, -0.1) is 10.2 Å². The zero-order valence-corrected chi connectivity index (χ0v) is 19.7. The smallest absolute Gasteiger partial charge is 0.289 e. The van der Waals surface area contributed by atoms with E-state index in [9.17, 15) is 9.59 Å². The summed E-state index contributed by atoms with van der Waals surface area (Å²) in [7, 11) is 0. The van der Waals surface area contributed by atoms with Gasteiger partial charge in [0.05, 0.1) is 17.4 Å². The lowest BCUT2D eigenvalue weighted by Gasteiger charge is -2.15. The number of nitrogens with one attached hydrogen (secondary N) is 1. The molecule has 0 unspecified atom stereocenters. The molecule has 3 aromatic carbocycles. The fraction of sp³-hybridized carbons (Fsp3) is 0.222. The minimum Gasteiger partial charge on any atom is -0.289 e. The predicted octanol–water partition coefficient (Wildman–Crippen LogP) is 4.17. The maximum absolute atomic E-state index is 13.4. The first-order valence-corrected chi connectivity index (χ1v) is 11.7. The van der Waals surface area contributed by atoms with Crippen LogP contribution in [0, 0.1) is 6.92 Å². The Kier molecular flexibility index (Phi) is 6.10. The molecule has 5 aromatic rings. The fourth-order valence-corrected chi connectivity index (χ4v) is 4.38. The Bertz CT molecular complexity index is 1600. The van der Waals surface area contributed by atoms with Crippen LogP contribution in [0.4, 0.5) is 0 Å². The molecule has 0 amide bonds. The molecule has 0 saturated heterocycles. The Labute approximate surface area is 201 Å². The summed E-state index contributed by atoms with van der Waals surface area (Å²) < 4.78 is 3.08. The molecular weight excluding hydrogens is 440 g/mol. The van der Waals surface area contributed by atoms with Gasteiger partial charge in [0.2, 0.25) is 5.82 Å². The normalized spacial score (nSPS) is 11.3. The van der Waals surface area contributed by atoms with Crippen LogP contribution in [0.15, 0.2) is 76.3 Å². The van der Waals surface area contributed by atoms with Crippen LogP contribution in [0.3, 0.4) is 0 Å². The van der Waals surface area contributed by atoms with E-state index in [2.05, 4.69) is 20.6 Å². The number of benzene rings is 3. The third-order valence-electron chi connectivity index (χ3n) is 6.23. The van der Waals surface area contributed by atoms with E-state index >= 15 is 0 Å². The second-order valence-electron chi connectivity index (χ2n) is 8.68. The lowest BCUT2D eigenvalue weighted by molar-refractivity contribution is 0.558. The van der Waals surface area contributed by atoms with Crippen molar-refractivity contribution < 1.29 is 0 Å². The Hall–Kier alpha value is -4.33. The number of aromatic amines is 1. The molecule has 8 heteroatoms. The molecule has 0 fully saturated rings. The van der Waals surface area contributed by atoms with Crippen molar-refractivity contribution >= 4 is 10.9 Å². The van der Waals surface area contributed by atoms with Gasteiger partial charge in [-0.25, -0.2) is 4.79 Å². The van der Waals surface area contributed by atoms with E-state index in [1.54, 1.807) is 4.57 Å². The van der Waals surface area contributed by atoms with E-state index in [0.717, 1.165) is 40.7 Å². The zero-order valence-electron chi connectivity index (χ0n) is 19.7. The summed E-state index contributed by atoms with van der Waals surface area (Å²) >= 11 is 0. The summed E-state index contributed by atoms with van der Waals surface area (Å²) in [6, 6.07) is 21.6. The molecule has 0 aliphatic carbocycles. The van der Waals surface area contributed by atoms with Crippen molar-refractivity contribution in [3.63, 3.8) is 0 Å². The highest BCUT2D eigenvalue weighted by molar-refractivity contribution is 5.81. The zero-order chi connectivity index (χ0) is 24.4. The molecule has 0 aliphatic heterocycles. The molecule has 0 aliphatic rings. The molecule has 1 N–H and O–H groups in total. The molecule has 2 aromatic heterocycles. The Balaban J connectivity index is 1.55. The van der Waals surface area contributed by atoms with E-state index in [1.807, 2.05) is 80.6 Å². The minimum atomic E-state index is -0.272. The lowest BCUT2D eigenvalue weighted by atomic mass is 9.98. The van der Waals surface area contributed by atoms with Crippen LogP contribution in [-0.4, -0.2) is 29.8 Å². The Morgan fingerprint density at radius 1 is 0.914 bits per heavy atom. The van der Waals surface area contributed by atoms with Gasteiger partial charge in [-0.1, -0.05) is 73.5 Å². The van der Waals surface area contributed by atoms with Crippen molar-refractivity contribution in [2.24, 2.45) is 0 Å². The number of tetrazole rings is 1. The van der Waals surface area contributed by atoms with Gasteiger partial charge >= 0.3 is 5.69 Å². The molecule has 2 heterocycles. The predicted molar refractivity (Wildman–Crippen MR) is 136 cm³/mol. The number of nitrogens with zero attached hydrogens (tertiary/aromatic N) is 5. The first kappa shape index (κ1) is 22.5. The SMILES string of the molecule is CCCCn1c(=O)c2cc(C)ccc2n(Cc2ccc(-c3ccccc3-c3nn[nH]n3)cc2)c1=O. The molecule has 5 rings (SSSR count). The van der Waals surface area contributed by atoms with E-state index in [1.165, 1.54) is 4.57 Å². The highest BCUT2D eigenvalue weighted by Crippen LogP contribution is 2.29. The van der Waals surface area contributed by atoms with Crippen molar-refractivity contribution in [2.75, 3.05) is 0 Å². The van der Waals surface area contributed by atoms with E-state index in [0.29, 0.717) is 29.8 Å². The summed E-state index contributed by atoms with van der Waals surface area (Å²) in [6.45, 7) is 4.80. The van der Waals surface area contributed by atoms with Crippen molar-refractivity contribution in [1.82, 2.24) is 29.8 Å². The van der Waals surface area contributed by atoms with Gasteiger partial charge in [0.25, 0.3) is 5.56 Å². The first-order chi connectivity index (χ1) is 17.1. The topological polar surface area (TPSA) is 98.5 Å². The quantitative estimate of drug-likeness (QED) is 0.388. The van der Waals surface area contributed by atoms with Gasteiger partial charge in [-0.3, -0.25) is 13.9 Å². The Morgan fingerprint density at radius 2 is 1.69 bits per heavy atom. The number of aromatic nitrogens is 6. The molecule has 0 bridgehead atoms. The van der Waals surface area contributed by atoms with Crippen LogP contribution >= 0.6 is 0 Å². The number of rotatable bonds is 7. The summed E-state index contributed by atoms with van der Waals surface area (Å²) in [4.78, 5) is 26.4. The largest absolute Gasteiger partial charge is 0.331 e. The molecule has 0 atom stereocenters. The average molecular weight is 467 g/mol. The van der Waals surface area contributed by atoms with Crippen molar-refractivity contribution in [1.29, 1.82) is 0 Å². The number of hydrogen-bond acceptors (Lipinski definition) is 5. The molecular formula is C27H26N6O2. The number of aryl methyl sites for hydroxylation is 1. The van der Waals surface area contributed by atoms with E-state index in [4.69, 9.17) is 0 Å². The van der Waals surface area contributed by atoms with Crippen LogP contribution < -0.4 is 11.2 Å². The van der Waals surface area contributed by atoms with Gasteiger partial charge in [0, 0.05) is 12.1 Å². The number of H-pyrrole nitrogens is 1. The number of unbranched alkanes of at least 4 members (excludes halogenated alkanes) is 1. The van der Waals surface area contributed by atoms with Gasteiger partial charge in [0.1, 0.15) is 0 Å². The number of fused-ring (bicyclic) bond motifs is 1. The second-order valence-corrected chi connectivity index (χ2v) is 8.68. The summed E-state index contributed by atoms with van der Waals surface area (Å²) in [5.41, 5.74) is 5.01. The average Bonchev–Trinajstić information content (AvgIpc) is 3.42. The van der Waals surface area contributed by atoms with Crippen molar-refractivity contribution in [2.45, 2.75) is 39.8 Å². The standard InChI is InChI=1S/C27H26N6O2/c1-3-4-15-32-26(34)23-16-18(2)9-14-24(23)33(27(32)35)17-19-10-12-20(13-11-19)21-7-5-6-8-22(21)25-28-30-31-29-25/h5-14,16H,3-4,15,17H2,1-2H3,(H,28,29,30,31). The maximum atomic E-state index is 13.4. The van der Waals surface area contributed by atoms with Crippen molar-refractivity contribution in [3.8, 4) is 22.5 Å². The summed E-state index contributed by atoms with van der Waals surface area (Å²) in [6.07, 6.45) is 1.69. The third-order valence-corrected chi connectivity index (χ3v) is 6.23. The van der Waals surface area contributed by atoms with Gasteiger partial charge in [0.15, 0.2) is 0 Å². The van der Waals surface area contributed by atoms with Crippen LogP contribution in [0.5, 0.6) is 0 Å². The fourth-order valence-electron chi connectivity index (χ4n) is 4.38. The highest BCUT2D eigenvalue weighted by Gasteiger charge is 2.14. The van der Waals surface area contributed by atoms with E-state index in [-0.39, 0.29) is 11.2 Å². The van der Waals surface area contributed by atoms with Crippen molar-refractivity contribution in [3.05, 3.63) is 98.7 Å². The minimum absolute atomic E-state index is 0.216. The van der Waals surface area contributed by atoms with Gasteiger partial charge < -0.3 is 0 Å². The van der Waals surface area contributed by atoms with Gasteiger partial charge in [-0.05, 0) is 47.4 Å². The van der Waals surface area contributed by atoms with Crippen LogP contribution in [0.2, 0.25) is 0 Å². The summed E-state index contributed by atoms with van der Waals surface area (Å²) in [5, 5.41) is 15.0. The Morgan fingerprint density at radius 3 is 2.40 bits per heavy atom. The lowest BCUT2D eigenvalue weighted by Crippen LogP contribution is -2.40. The molecule has 0 saturated carbocycles. The summed E-state index contributed by atoms with van der Waals surface area (Å²) in [5.74, 6) is 0.535. The first-order valence-electron chi connectivity index (χ1n) is 11.7. The third kappa shape index (κ3) is 4.30. The van der Waals surface area contributed by atoms with Crippen LogP contribution in [0.1, 0.15) is 30.9 Å². The highest BCUT2D eigenvalue weighted by atomic mass is 16.2. The second kappa shape index (κ2) is 9.50. The molecule has 35 heavy (non-hydrogen) atoms. The maximum Gasteiger partial charge on any atom is 0.331 e. The molecule has 0 radical (unpaired) electrons. The van der Waals surface area contributed by atoms with E-state index < -0.39 is 0 Å². The van der Waals surface area contributed by atoms with Gasteiger partial charge in [-0.2, -0.15) is 5.21 Å². The number of hydrogen-bond donors (Lipinski definition) is 1. The van der Waals surface area contributed by atoms with Crippen LogP contribution in [-0.2, 0) is 13.1 Å². The monoisotopic (exact) mass is 466 g/mol. The molecule has 0 spiro atoms. The van der Waals surface area contributed by atoms with Crippen LogP contribution in [0.25, 0.3) is 33.4 Å². The molecule has 176 valence electrons. The molecule has 8 nitrogen and oxygen atoms in total.